The van der Waals surface area contributed by atoms with E-state index in [9.17, 15) is 25.0 Å². The molecule has 1 heterocycles. The van der Waals surface area contributed by atoms with Crippen molar-refractivity contribution in [1.82, 2.24) is 9.78 Å². The third kappa shape index (κ3) is 2.04. The molecule has 1 aromatic heterocycles. The van der Waals surface area contributed by atoms with Gasteiger partial charge in [0.2, 0.25) is 0 Å². The zero-order valence-corrected chi connectivity index (χ0v) is 8.85. The summed E-state index contributed by atoms with van der Waals surface area (Å²) >= 11 is 0. The Morgan fingerprint density at radius 1 is 1.35 bits per heavy atom. The summed E-state index contributed by atoms with van der Waals surface area (Å²) in [6.07, 6.45) is 0. The Morgan fingerprint density at radius 3 is 2.18 bits per heavy atom. The third-order valence-corrected chi connectivity index (χ3v) is 1.91. The van der Waals surface area contributed by atoms with E-state index in [2.05, 4.69) is 5.10 Å². The second-order valence-corrected chi connectivity index (χ2v) is 3.38. The van der Waals surface area contributed by atoms with Gasteiger partial charge in [-0.2, -0.15) is 4.68 Å². The van der Waals surface area contributed by atoms with Crippen LogP contribution in [0.3, 0.4) is 0 Å². The maximum Gasteiger partial charge on any atom is 0.468 e. The van der Waals surface area contributed by atoms with Crippen molar-refractivity contribution < 1.29 is 19.7 Å². The van der Waals surface area contributed by atoms with Gasteiger partial charge < -0.3 is 15.2 Å². The van der Waals surface area contributed by atoms with E-state index < -0.39 is 39.1 Å². The number of aromatic carboxylic acids is 1. The van der Waals surface area contributed by atoms with E-state index in [0.29, 0.717) is 0 Å². The summed E-state index contributed by atoms with van der Waals surface area (Å²) in [7, 11) is 0. The Hall–Kier alpha value is -2.52. The lowest BCUT2D eigenvalue weighted by atomic mass is 10.3. The number of carboxylic acids is 1. The number of hydrogen-bond donors (Lipinski definition) is 1. The molecule has 10 heteroatoms. The Morgan fingerprint density at radius 2 is 1.88 bits per heavy atom. The van der Waals surface area contributed by atoms with Gasteiger partial charge in [-0.3, -0.25) is 10.1 Å². The van der Waals surface area contributed by atoms with Gasteiger partial charge in [-0.05, 0) is 18.8 Å². The molecular formula is C7H8N4O6. The Balaban J connectivity index is 3.67. The van der Waals surface area contributed by atoms with Crippen LogP contribution in [0.1, 0.15) is 30.4 Å². The summed E-state index contributed by atoms with van der Waals surface area (Å²) in [5.74, 6) is -2.70. The van der Waals surface area contributed by atoms with E-state index in [0.717, 1.165) is 4.68 Å². The molecule has 0 bridgehead atoms. The van der Waals surface area contributed by atoms with Crippen LogP contribution in [-0.4, -0.2) is 30.7 Å². The van der Waals surface area contributed by atoms with Gasteiger partial charge >= 0.3 is 17.5 Å². The summed E-state index contributed by atoms with van der Waals surface area (Å²) in [5, 5.41) is 33.4. The van der Waals surface area contributed by atoms with Gasteiger partial charge in [0.05, 0.1) is 16.1 Å². The summed E-state index contributed by atoms with van der Waals surface area (Å²) < 4.78 is 0.749. The fraction of sp³-hybridized carbons (Fsp3) is 0.429. The normalized spacial score (nSPS) is 10.5. The van der Waals surface area contributed by atoms with Crippen LogP contribution in [0.15, 0.2) is 0 Å². The molecule has 0 atom stereocenters. The lowest BCUT2D eigenvalue weighted by Crippen LogP contribution is -2.13. The van der Waals surface area contributed by atoms with Gasteiger partial charge in [-0.25, -0.2) is 4.79 Å². The van der Waals surface area contributed by atoms with Gasteiger partial charge in [0.15, 0.2) is 0 Å². The van der Waals surface area contributed by atoms with Crippen LogP contribution in [0.25, 0.3) is 0 Å². The molecule has 0 spiro atoms. The zero-order valence-electron chi connectivity index (χ0n) is 8.85. The minimum Gasteiger partial charge on any atom is -0.476 e. The highest BCUT2D eigenvalue weighted by molar-refractivity contribution is 5.92. The number of carbonyl (C=O) groups is 1. The number of rotatable bonds is 4. The number of hydrogen-bond acceptors (Lipinski definition) is 6. The van der Waals surface area contributed by atoms with E-state index in [-0.39, 0.29) is 0 Å². The van der Waals surface area contributed by atoms with Crippen molar-refractivity contribution in [3.63, 3.8) is 0 Å². The largest absolute Gasteiger partial charge is 0.476 e. The molecule has 0 fully saturated rings. The summed E-state index contributed by atoms with van der Waals surface area (Å²) in [6.45, 7) is 3.01. The molecule has 0 saturated heterocycles. The number of carboxylic acid groups (broad SMARTS) is 1. The molecule has 0 unspecified atom stereocenters. The molecule has 1 N–H and O–H groups in total. The van der Waals surface area contributed by atoms with Gasteiger partial charge in [0.1, 0.15) is 0 Å². The van der Waals surface area contributed by atoms with E-state index >= 15 is 0 Å². The first-order valence-corrected chi connectivity index (χ1v) is 4.42. The van der Waals surface area contributed by atoms with Crippen molar-refractivity contribution in [3.8, 4) is 0 Å². The van der Waals surface area contributed by atoms with Crippen LogP contribution in [0.5, 0.6) is 0 Å². The first-order chi connectivity index (χ1) is 7.77. The SMILES string of the molecule is CC(C)n1nc([N+](=O)[O-])c([N+](=O)[O-])c1C(=O)O. The maximum atomic E-state index is 10.9. The molecule has 0 aromatic carbocycles. The number of aromatic nitrogens is 2. The van der Waals surface area contributed by atoms with E-state index in [4.69, 9.17) is 5.11 Å². The van der Waals surface area contributed by atoms with Crippen molar-refractivity contribution in [1.29, 1.82) is 0 Å². The third-order valence-electron chi connectivity index (χ3n) is 1.91. The van der Waals surface area contributed by atoms with Gasteiger partial charge in [0, 0.05) is 0 Å². The second kappa shape index (κ2) is 4.15. The van der Waals surface area contributed by atoms with Crippen LogP contribution >= 0.6 is 0 Å². The monoisotopic (exact) mass is 244 g/mol. The number of nitro groups is 2. The first-order valence-electron chi connectivity index (χ1n) is 4.42. The summed E-state index contributed by atoms with van der Waals surface area (Å²) in [6, 6.07) is -0.548. The fourth-order valence-corrected chi connectivity index (χ4v) is 1.28. The first kappa shape index (κ1) is 12.5. The lowest BCUT2D eigenvalue weighted by Gasteiger charge is -2.01. The maximum absolute atomic E-state index is 10.9. The van der Waals surface area contributed by atoms with Crippen LogP contribution < -0.4 is 0 Å². The van der Waals surface area contributed by atoms with Gasteiger partial charge in [-0.1, -0.05) is 0 Å². The van der Waals surface area contributed by atoms with Crippen LogP contribution in [0.4, 0.5) is 11.5 Å². The highest BCUT2D eigenvalue weighted by atomic mass is 16.6. The lowest BCUT2D eigenvalue weighted by molar-refractivity contribution is -0.424. The molecule has 1 rings (SSSR count). The number of nitrogens with zero attached hydrogens (tertiary/aromatic N) is 4. The molecule has 1 aromatic rings. The van der Waals surface area contributed by atoms with Gasteiger partial charge in [-0.15, -0.1) is 0 Å². The summed E-state index contributed by atoms with van der Waals surface area (Å²) in [4.78, 5) is 29.9. The van der Waals surface area contributed by atoms with Crippen molar-refractivity contribution in [2.75, 3.05) is 0 Å². The van der Waals surface area contributed by atoms with Crippen LogP contribution in [0, 0.1) is 20.2 Å². The molecule has 0 saturated carbocycles. The quantitative estimate of drug-likeness (QED) is 0.614. The topological polar surface area (TPSA) is 141 Å². The zero-order chi connectivity index (χ0) is 13.3. The van der Waals surface area contributed by atoms with Crippen LogP contribution in [-0.2, 0) is 0 Å². The Bertz CT molecular complexity index is 505. The van der Waals surface area contributed by atoms with E-state index in [1.165, 1.54) is 13.8 Å². The molecule has 0 aliphatic heterocycles. The molecular weight excluding hydrogens is 236 g/mol. The average Bonchev–Trinajstić information content (AvgIpc) is 2.56. The van der Waals surface area contributed by atoms with Crippen molar-refractivity contribution in [2.24, 2.45) is 0 Å². The molecule has 92 valence electrons. The van der Waals surface area contributed by atoms with Crippen molar-refractivity contribution in [2.45, 2.75) is 19.9 Å². The minimum absolute atomic E-state index is 0.548. The second-order valence-electron chi connectivity index (χ2n) is 3.38. The predicted octanol–water partition coefficient (Wildman–Crippen LogP) is 0.979. The molecule has 0 aliphatic rings. The highest BCUT2D eigenvalue weighted by Gasteiger charge is 2.41. The fourth-order valence-electron chi connectivity index (χ4n) is 1.28. The molecule has 10 nitrogen and oxygen atoms in total. The van der Waals surface area contributed by atoms with Gasteiger partial charge in [0.25, 0.3) is 5.69 Å². The van der Waals surface area contributed by atoms with Crippen molar-refractivity contribution >= 4 is 17.5 Å². The molecule has 17 heavy (non-hydrogen) atoms. The molecule has 0 aliphatic carbocycles. The molecule has 0 radical (unpaired) electrons. The van der Waals surface area contributed by atoms with Crippen LogP contribution in [0.2, 0.25) is 0 Å². The van der Waals surface area contributed by atoms with E-state index in [1.54, 1.807) is 0 Å². The Kier molecular flexibility index (Phi) is 3.07. The smallest absolute Gasteiger partial charge is 0.468 e. The average molecular weight is 244 g/mol. The minimum atomic E-state index is -1.63. The summed E-state index contributed by atoms with van der Waals surface area (Å²) in [5.41, 5.74) is -1.90. The van der Waals surface area contributed by atoms with Crippen molar-refractivity contribution in [3.05, 3.63) is 25.9 Å². The highest BCUT2D eigenvalue weighted by Crippen LogP contribution is 2.31. The standard InChI is InChI=1S/C7H8N4O6/c1-3(2)9-5(7(12)13)4(10(14)15)6(8-9)11(16)17/h3H,1-2H3,(H,12,13). The van der Waals surface area contributed by atoms with E-state index in [1.807, 2.05) is 0 Å². The Labute approximate surface area is 93.8 Å². The molecule has 0 amide bonds. The predicted molar refractivity (Wildman–Crippen MR) is 52.9 cm³/mol.